The fourth-order valence-electron chi connectivity index (χ4n) is 1.94. The van der Waals surface area contributed by atoms with Crippen molar-refractivity contribution in [3.63, 3.8) is 0 Å². The summed E-state index contributed by atoms with van der Waals surface area (Å²) in [6, 6.07) is 8.72. The van der Waals surface area contributed by atoms with Gasteiger partial charge in [0.15, 0.2) is 0 Å². The lowest BCUT2D eigenvalue weighted by molar-refractivity contribution is 0.0699. The van der Waals surface area contributed by atoms with E-state index in [-0.39, 0.29) is 5.56 Å². The Morgan fingerprint density at radius 2 is 2.10 bits per heavy atom. The highest BCUT2D eigenvalue weighted by molar-refractivity contribution is 6.03. The number of carbonyl (C=O) groups is 1. The standard InChI is InChI=1S/C15H18N2O4/c1-20-8-9-21-7-6-16-14-10-12(15(18)19)11-4-2-3-5-13(11)17-14/h2-5,10H,6-9H2,1H3,(H,16,17)(H,18,19). The van der Waals surface area contributed by atoms with Crippen LogP contribution >= 0.6 is 0 Å². The second-order valence-electron chi connectivity index (χ2n) is 4.41. The summed E-state index contributed by atoms with van der Waals surface area (Å²) >= 11 is 0. The highest BCUT2D eigenvalue weighted by Gasteiger charge is 2.11. The molecule has 0 aliphatic heterocycles. The van der Waals surface area contributed by atoms with Crippen LogP contribution in [0, 0.1) is 0 Å². The molecule has 21 heavy (non-hydrogen) atoms. The summed E-state index contributed by atoms with van der Waals surface area (Å²) in [4.78, 5) is 15.7. The molecule has 0 spiro atoms. The van der Waals surface area contributed by atoms with Crippen molar-refractivity contribution in [1.29, 1.82) is 0 Å². The molecule has 0 unspecified atom stereocenters. The SMILES string of the molecule is COCCOCCNc1cc(C(=O)O)c2ccccc2n1. The van der Waals surface area contributed by atoms with Crippen molar-refractivity contribution in [2.24, 2.45) is 0 Å². The normalized spacial score (nSPS) is 10.7. The van der Waals surface area contributed by atoms with Crippen molar-refractivity contribution < 1.29 is 19.4 Å². The van der Waals surface area contributed by atoms with Crippen molar-refractivity contribution in [2.45, 2.75) is 0 Å². The van der Waals surface area contributed by atoms with Gasteiger partial charge in [-0.3, -0.25) is 0 Å². The van der Waals surface area contributed by atoms with Crippen LogP contribution in [0.2, 0.25) is 0 Å². The van der Waals surface area contributed by atoms with E-state index in [1.807, 2.05) is 6.07 Å². The molecule has 0 aliphatic rings. The number of fused-ring (bicyclic) bond motifs is 1. The molecule has 6 heteroatoms. The van der Waals surface area contributed by atoms with Crippen molar-refractivity contribution in [3.8, 4) is 0 Å². The largest absolute Gasteiger partial charge is 0.478 e. The van der Waals surface area contributed by atoms with Gasteiger partial charge >= 0.3 is 5.97 Å². The number of nitrogens with zero attached hydrogens (tertiary/aromatic N) is 1. The average molecular weight is 290 g/mol. The lowest BCUT2D eigenvalue weighted by Gasteiger charge is -2.09. The molecule has 2 aromatic rings. The first-order valence-corrected chi connectivity index (χ1v) is 6.66. The van der Waals surface area contributed by atoms with E-state index in [1.54, 1.807) is 31.4 Å². The first kappa shape index (κ1) is 15.2. The summed E-state index contributed by atoms with van der Waals surface area (Å²) in [7, 11) is 1.62. The van der Waals surface area contributed by atoms with E-state index in [0.717, 1.165) is 0 Å². The third-order valence-corrected chi connectivity index (χ3v) is 2.93. The number of hydrogen-bond acceptors (Lipinski definition) is 5. The van der Waals surface area contributed by atoms with Crippen LogP contribution in [0.1, 0.15) is 10.4 Å². The fraction of sp³-hybridized carbons (Fsp3) is 0.333. The van der Waals surface area contributed by atoms with Gasteiger partial charge in [-0.25, -0.2) is 9.78 Å². The maximum absolute atomic E-state index is 11.3. The van der Waals surface area contributed by atoms with Crippen LogP contribution in [-0.2, 0) is 9.47 Å². The van der Waals surface area contributed by atoms with E-state index in [0.29, 0.717) is 43.1 Å². The number of aromatic carboxylic acids is 1. The number of rotatable bonds is 8. The van der Waals surface area contributed by atoms with Crippen LogP contribution in [0.25, 0.3) is 10.9 Å². The predicted octanol–water partition coefficient (Wildman–Crippen LogP) is 2.01. The Bertz CT molecular complexity index is 616. The number of carboxylic acids is 1. The summed E-state index contributed by atoms with van der Waals surface area (Å²) in [5, 5.41) is 13.0. The molecule has 1 aromatic heterocycles. The molecular formula is C15H18N2O4. The van der Waals surface area contributed by atoms with Crippen molar-refractivity contribution in [2.75, 3.05) is 38.8 Å². The number of anilines is 1. The highest BCUT2D eigenvalue weighted by atomic mass is 16.5. The van der Waals surface area contributed by atoms with Gasteiger partial charge in [-0.1, -0.05) is 18.2 Å². The minimum atomic E-state index is -0.965. The number of hydrogen-bond donors (Lipinski definition) is 2. The van der Waals surface area contributed by atoms with Crippen LogP contribution in [0.4, 0.5) is 5.82 Å². The van der Waals surface area contributed by atoms with Gasteiger partial charge in [-0.05, 0) is 12.1 Å². The number of pyridine rings is 1. The minimum absolute atomic E-state index is 0.239. The van der Waals surface area contributed by atoms with Gasteiger partial charge < -0.3 is 19.9 Å². The zero-order valence-corrected chi connectivity index (χ0v) is 11.8. The Kier molecular flexibility index (Phi) is 5.48. The average Bonchev–Trinajstić information content (AvgIpc) is 2.49. The maximum atomic E-state index is 11.3. The van der Waals surface area contributed by atoms with Crippen LogP contribution in [0.5, 0.6) is 0 Å². The maximum Gasteiger partial charge on any atom is 0.336 e. The topological polar surface area (TPSA) is 80.7 Å². The van der Waals surface area contributed by atoms with E-state index in [1.165, 1.54) is 0 Å². The van der Waals surface area contributed by atoms with Gasteiger partial charge in [0, 0.05) is 19.0 Å². The van der Waals surface area contributed by atoms with Gasteiger partial charge in [0.05, 0.1) is 30.9 Å². The minimum Gasteiger partial charge on any atom is -0.478 e. The van der Waals surface area contributed by atoms with Gasteiger partial charge in [0.25, 0.3) is 0 Å². The molecule has 6 nitrogen and oxygen atoms in total. The van der Waals surface area contributed by atoms with E-state index < -0.39 is 5.97 Å². The van der Waals surface area contributed by atoms with E-state index in [4.69, 9.17) is 9.47 Å². The van der Waals surface area contributed by atoms with E-state index >= 15 is 0 Å². The first-order valence-electron chi connectivity index (χ1n) is 6.66. The Morgan fingerprint density at radius 3 is 2.86 bits per heavy atom. The fourth-order valence-corrected chi connectivity index (χ4v) is 1.94. The first-order chi connectivity index (χ1) is 10.2. The zero-order valence-electron chi connectivity index (χ0n) is 11.8. The Hall–Kier alpha value is -2.18. The van der Waals surface area contributed by atoms with E-state index in [2.05, 4.69) is 10.3 Å². The van der Waals surface area contributed by atoms with Gasteiger partial charge in [0.1, 0.15) is 5.82 Å². The molecule has 0 atom stereocenters. The number of benzene rings is 1. The zero-order chi connectivity index (χ0) is 15.1. The summed E-state index contributed by atoms with van der Waals surface area (Å²) in [6.07, 6.45) is 0. The molecule has 1 heterocycles. The predicted molar refractivity (Wildman–Crippen MR) is 79.9 cm³/mol. The molecule has 0 fully saturated rings. The molecule has 0 amide bonds. The Morgan fingerprint density at radius 1 is 1.29 bits per heavy atom. The molecule has 0 aliphatic carbocycles. The summed E-state index contributed by atoms with van der Waals surface area (Å²) < 4.78 is 10.2. The number of para-hydroxylation sites is 1. The Balaban J connectivity index is 2.05. The lowest BCUT2D eigenvalue weighted by Crippen LogP contribution is -2.13. The smallest absolute Gasteiger partial charge is 0.336 e. The number of carboxylic acid groups (broad SMARTS) is 1. The highest BCUT2D eigenvalue weighted by Crippen LogP contribution is 2.20. The van der Waals surface area contributed by atoms with Crippen LogP contribution in [-0.4, -0.2) is 49.5 Å². The lowest BCUT2D eigenvalue weighted by atomic mass is 10.1. The van der Waals surface area contributed by atoms with Crippen molar-refractivity contribution in [3.05, 3.63) is 35.9 Å². The van der Waals surface area contributed by atoms with Crippen LogP contribution < -0.4 is 5.32 Å². The molecule has 0 bridgehead atoms. The van der Waals surface area contributed by atoms with Gasteiger partial charge in [-0.2, -0.15) is 0 Å². The third-order valence-electron chi connectivity index (χ3n) is 2.93. The summed E-state index contributed by atoms with van der Waals surface area (Å²) in [5.41, 5.74) is 0.892. The number of methoxy groups -OCH3 is 1. The van der Waals surface area contributed by atoms with Crippen molar-refractivity contribution >= 4 is 22.7 Å². The Labute approximate surface area is 122 Å². The molecule has 0 saturated heterocycles. The van der Waals surface area contributed by atoms with Crippen molar-refractivity contribution in [1.82, 2.24) is 4.98 Å². The molecular weight excluding hydrogens is 272 g/mol. The number of ether oxygens (including phenoxy) is 2. The molecule has 112 valence electrons. The second-order valence-corrected chi connectivity index (χ2v) is 4.41. The van der Waals surface area contributed by atoms with Gasteiger partial charge in [0.2, 0.25) is 0 Å². The quantitative estimate of drug-likeness (QED) is 0.724. The molecule has 0 saturated carbocycles. The molecule has 0 radical (unpaired) electrons. The molecule has 2 N–H and O–H groups in total. The number of nitrogens with one attached hydrogen (secondary N) is 1. The monoisotopic (exact) mass is 290 g/mol. The van der Waals surface area contributed by atoms with Crippen LogP contribution in [0.15, 0.2) is 30.3 Å². The second kappa shape index (κ2) is 7.56. The third kappa shape index (κ3) is 4.14. The van der Waals surface area contributed by atoms with E-state index in [9.17, 15) is 9.90 Å². The number of aromatic nitrogens is 1. The summed E-state index contributed by atoms with van der Waals surface area (Å²) in [5.74, 6) is -0.436. The van der Waals surface area contributed by atoms with Gasteiger partial charge in [-0.15, -0.1) is 0 Å². The summed E-state index contributed by atoms with van der Waals surface area (Å²) in [6.45, 7) is 2.13. The molecule has 2 rings (SSSR count). The molecule has 1 aromatic carbocycles. The van der Waals surface area contributed by atoms with Crippen LogP contribution in [0.3, 0.4) is 0 Å².